The molecule has 0 saturated carbocycles. The van der Waals surface area contributed by atoms with Gasteiger partial charge in [-0.3, -0.25) is 9.69 Å². The Morgan fingerprint density at radius 2 is 1.48 bits per heavy atom. The van der Waals surface area contributed by atoms with Crippen molar-refractivity contribution < 1.29 is 14.3 Å². The van der Waals surface area contributed by atoms with Crippen LogP contribution in [0.25, 0.3) is 10.8 Å². The van der Waals surface area contributed by atoms with Crippen LogP contribution in [0.3, 0.4) is 0 Å². The van der Waals surface area contributed by atoms with Crippen molar-refractivity contribution in [3.8, 4) is 5.75 Å². The number of hydrogen-bond donors (Lipinski definition) is 0. The van der Waals surface area contributed by atoms with Gasteiger partial charge in [0.15, 0.2) is 0 Å². The SMILES string of the molecule is CC(C)N(CC(COc1ccccc1)OC(=O)Cc1cccc2ccccc12)C(C)C. The van der Waals surface area contributed by atoms with Gasteiger partial charge in [0, 0.05) is 18.6 Å². The molecule has 3 rings (SSSR count). The first-order valence-electron chi connectivity index (χ1n) is 11.0. The summed E-state index contributed by atoms with van der Waals surface area (Å²) in [5.74, 6) is 0.545. The molecule has 0 aliphatic heterocycles. The number of nitrogens with zero attached hydrogens (tertiary/aromatic N) is 1. The minimum absolute atomic E-state index is 0.231. The first kappa shape index (κ1) is 22.8. The fourth-order valence-electron chi connectivity index (χ4n) is 3.91. The van der Waals surface area contributed by atoms with Gasteiger partial charge in [-0.15, -0.1) is 0 Å². The van der Waals surface area contributed by atoms with Gasteiger partial charge < -0.3 is 9.47 Å². The number of carbonyl (C=O) groups is 1. The number of ether oxygens (including phenoxy) is 2. The average molecular weight is 420 g/mol. The zero-order valence-electron chi connectivity index (χ0n) is 19.0. The highest BCUT2D eigenvalue weighted by Crippen LogP contribution is 2.20. The summed E-state index contributed by atoms with van der Waals surface area (Å²) < 4.78 is 11.9. The van der Waals surface area contributed by atoms with Crippen molar-refractivity contribution in [2.45, 2.75) is 52.3 Å². The Morgan fingerprint density at radius 1 is 0.839 bits per heavy atom. The Morgan fingerprint density at radius 3 is 2.19 bits per heavy atom. The number of rotatable bonds is 10. The van der Waals surface area contributed by atoms with E-state index >= 15 is 0 Å². The lowest BCUT2D eigenvalue weighted by Gasteiger charge is -2.33. The molecule has 31 heavy (non-hydrogen) atoms. The van der Waals surface area contributed by atoms with Crippen LogP contribution in [0.5, 0.6) is 5.75 Å². The number of benzene rings is 3. The predicted octanol–water partition coefficient (Wildman–Crippen LogP) is 5.49. The fourth-order valence-corrected chi connectivity index (χ4v) is 3.91. The molecular weight excluding hydrogens is 386 g/mol. The molecular formula is C27H33NO3. The molecule has 4 heteroatoms. The summed E-state index contributed by atoms with van der Waals surface area (Å²) in [5, 5.41) is 2.22. The van der Waals surface area contributed by atoms with Gasteiger partial charge >= 0.3 is 5.97 Å². The second kappa shape index (κ2) is 11.0. The van der Waals surface area contributed by atoms with Crippen molar-refractivity contribution in [1.29, 1.82) is 0 Å². The topological polar surface area (TPSA) is 38.8 Å². The van der Waals surface area contributed by atoms with Crippen LogP contribution in [0, 0.1) is 0 Å². The smallest absolute Gasteiger partial charge is 0.310 e. The Labute approximate surface area is 185 Å². The highest BCUT2D eigenvalue weighted by molar-refractivity contribution is 5.89. The van der Waals surface area contributed by atoms with Gasteiger partial charge in [0.25, 0.3) is 0 Å². The summed E-state index contributed by atoms with van der Waals surface area (Å²) in [4.78, 5) is 15.2. The number of para-hydroxylation sites is 1. The zero-order chi connectivity index (χ0) is 22.2. The van der Waals surface area contributed by atoms with Gasteiger partial charge in [0.05, 0.1) is 6.42 Å². The van der Waals surface area contributed by atoms with Crippen LogP contribution in [-0.2, 0) is 16.0 Å². The van der Waals surface area contributed by atoms with E-state index in [1.165, 1.54) is 0 Å². The summed E-state index contributed by atoms with van der Waals surface area (Å²) in [7, 11) is 0. The maximum atomic E-state index is 12.9. The van der Waals surface area contributed by atoms with Gasteiger partial charge in [0.2, 0.25) is 0 Å². The van der Waals surface area contributed by atoms with Crippen molar-refractivity contribution in [2.75, 3.05) is 13.2 Å². The summed E-state index contributed by atoms with van der Waals surface area (Å²) >= 11 is 0. The molecule has 1 unspecified atom stereocenters. The molecule has 0 spiro atoms. The molecule has 0 amide bonds. The molecule has 0 fully saturated rings. The Hall–Kier alpha value is -2.85. The van der Waals surface area contributed by atoms with Crippen LogP contribution in [-0.4, -0.2) is 42.2 Å². The van der Waals surface area contributed by atoms with Gasteiger partial charge in [0.1, 0.15) is 18.5 Å². The van der Waals surface area contributed by atoms with Crippen LogP contribution in [0.2, 0.25) is 0 Å². The van der Waals surface area contributed by atoms with Crippen molar-refractivity contribution in [3.05, 3.63) is 78.4 Å². The molecule has 0 aliphatic rings. The molecule has 1 atom stereocenters. The quantitative estimate of drug-likeness (QED) is 0.407. The third-order valence-electron chi connectivity index (χ3n) is 5.43. The number of carbonyl (C=O) groups excluding carboxylic acids is 1. The maximum absolute atomic E-state index is 12.9. The van der Waals surface area contributed by atoms with E-state index in [9.17, 15) is 4.79 Å². The van der Waals surface area contributed by atoms with Crippen molar-refractivity contribution in [2.24, 2.45) is 0 Å². The molecule has 164 valence electrons. The second-order valence-corrected chi connectivity index (χ2v) is 8.44. The molecule has 0 aliphatic carbocycles. The van der Waals surface area contributed by atoms with E-state index < -0.39 is 0 Å². The normalized spacial score (nSPS) is 12.5. The van der Waals surface area contributed by atoms with Crippen molar-refractivity contribution in [3.63, 3.8) is 0 Å². The Kier molecular flexibility index (Phi) is 8.07. The minimum atomic E-state index is -0.354. The molecule has 3 aromatic rings. The van der Waals surface area contributed by atoms with E-state index in [-0.39, 0.29) is 18.5 Å². The van der Waals surface area contributed by atoms with E-state index in [4.69, 9.17) is 9.47 Å². The lowest BCUT2D eigenvalue weighted by molar-refractivity contribution is -0.151. The number of esters is 1. The molecule has 0 N–H and O–H groups in total. The van der Waals surface area contributed by atoms with Gasteiger partial charge in [-0.25, -0.2) is 0 Å². The van der Waals surface area contributed by atoms with Crippen LogP contribution in [0.4, 0.5) is 0 Å². The van der Waals surface area contributed by atoms with Crippen LogP contribution < -0.4 is 4.74 Å². The van der Waals surface area contributed by atoms with E-state index in [1.807, 2.05) is 60.7 Å². The van der Waals surface area contributed by atoms with E-state index in [2.05, 4.69) is 44.7 Å². The number of fused-ring (bicyclic) bond motifs is 1. The predicted molar refractivity (Wildman–Crippen MR) is 126 cm³/mol. The van der Waals surface area contributed by atoms with Gasteiger partial charge in [-0.05, 0) is 56.2 Å². The minimum Gasteiger partial charge on any atom is -0.490 e. The van der Waals surface area contributed by atoms with Gasteiger partial charge in [-0.1, -0.05) is 60.7 Å². The lowest BCUT2D eigenvalue weighted by atomic mass is 10.0. The summed E-state index contributed by atoms with van der Waals surface area (Å²) in [5.41, 5.74) is 0.982. The van der Waals surface area contributed by atoms with Crippen LogP contribution in [0.1, 0.15) is 33.3 Å². The van der Waals surface area contributed by atoms with Crippen LogP contribution in [0.15, 0.2) is 72.8 Å². The first-order valence-corrected chi connectivity index (χ1v) is 11.0. The third kappa shape index (κ3) is 6.56. The standard InChI is InChI=1S/C27H33NO3/c1-20(2)28(21(3)4)18-25(19-30-24-14-6-5-7-15-24)31-27(29)17-23-13-10-12-22-11-8-9-16-26(22)23/h5-16,20-21,25H,17-19H2,1-4H3. The molecule has 3 aromatic carbocycles. The highest BCUT2D eigenvalue weighted by Gasteiger charge is 2.23. The molecule has 0 radical (unpaired) electrons. The zero-order valence-corrected chi connectivity index (χ0v) is 19.0. The maximum Gasteiger partial charge on any atom is 0.310 e. The summed E-state index contributed by atoms with van der Waals surface area (Å²) in [6.45, 7) is 9.59. The monoisotopic (exact) mass is 419 g/mol. The van der Waals surface area contributed by atoms with Crippen molar-refractivity contribution >= 4 is 16.7 Å². The third-order valence-corrected chi connectivity index (χ3v) is 5.43. The van der Waals surface area contributed by atoms with E-state index in [0.29, 0.717) is 25.2 Å². The van der Waals surface area contributed by atoms with Crippen molar-refractivity contribution in [1.82, 2.24) is 4.90 Å². The molecule has 0 heterocycles. The Bertz CT molecular complexity index is 955. The first-order chi connectivity index (χ1) is 14.9. The fraction of sp³-hybridized carbons (Fsp3) is 0.370. The van der Waals surface area contributed by atoms with Crippen LogP contribution >= 0.6 is 0 Å². The highest BCUT2D eigenvalue weighted by atomic mass is 16.6. The summed E-state index contributed by atoms with van der Waals surface area (Å²) in [6.07, 6.45) is -0.112. The average Bonchev–Trinajstić information content (AvgIpc) is 2.76. The van der Waals surface area contributed by atoms with Gasteiger partial charge in [-0.2, -0.15) is 0 Å². The summed E-state index contributed by atoms with van der Waals surface area (Å²) in [6, 6.07) is 24.5. The Balaban J connectivity index is 1.71. The largest absolute Gasteiger partial charge is 0.490 e. The molecule has 0 aromatic heterocycles. The van der Waals surface area contributed by atoms with E-state index in [1.54, 1.807) is 0 Å². The lowest BCUT2D eigenvalue weighted by Crippen LogP contribution is -2.45. The second-order valence-electron chi connectivity index (χ2n) is 8.44. The molecule has 0 bridgehead atoms. The molecule has 4 nitrogen and oxygen atoms in total. The molecule has 0 saturated heterocycles. The van der Waals surface area contributed by atoms with E-state index in [0.717, 1.165) is 22.1 Å². The number of hydrogen-bond acceptors (Lipinski definition) is 4.